The van der Waals surface area contributed by atoms with Crippen LogP contribution in [0.5, 0.6) is 0 Å². The molecule has 0 aliphatic carbocycles. The molecule has 71 heavy (non-hydrogen) atoms. The molecule has 0 radical (unpaired) electrons. The summed E-state index contributed by atoms with van der Waals surface area (Å²) in [5.74, 6) is -1.16. The van der Waals surface area contributed by atoms with Gasteiger partial charge < -0.3 is 14.2 Å². The molecule has 0 amide bonds. The molecule has 0 aromatic rings. The molecule has 396 valence electrons. The van der Waals surface area contributed by atoms with Crippen LogP contribution in [0.4, 0.5) is 0 Å². The summed E-state index contributed by atoms with van der Waals surface area (Å²) in [6, 6.07) is 0. The first-order chi connectivity index (χ1) is 35.0. The average molecular weight is 978 g/mol. The number of hydrogen-bond donors (Lipinski definition) is 0. The van der Waals surface area contributed by atoms with Gasteiger partial charge in [0.25, 0.3) is 0 Å². The summed E-state index contributed by atoms with van der Waals surface area (Å²) in [4.78, 5) is 38.1. The lowest BCUT2D eigenvalue weighted by molar-refractivity contribution is -0.166. The molecular weight excluding hydrogens is 877 g/mol. The summed E-state index contributed by atoms with van der Waals surface area (Å²) in [6.07, 6.45) is 84.0. The standard InChI is InChI=1S/C65H100O6/c1-4-7-10-13-16-19-22-25-28-31-32-35-38-41-44-47-50-53-56-59-65(68)71-62(60-69-63(66)57-54-51-48-45-42-39-36-33-29-26-23-20-17-14-11-8-5-2)61-70-64(67)58-55-52-49-46-43-40-37-34-30-27-24-21-18-15-12-9-6-3/h7,10,16-17,19-20,25-30,32,35-37,39-41,44-46,48-50,53,62H,4-6,8-9,11-15,18,21-24,31,33-34,38,42-43,47,51-52,54-61H2,1-3H3/b10-7-,19-16-,20-17-,28-25-,29-26-,30-27-,35-32-,39-36-,40-37-,44-41-,48-45-,49-46-,53-50-/t62-/m1/s1. The fraction of sp³-hybridized carbons (Fsp3) is 0.554. The van der Waals surface area contributed by atoms with Crippen LogP contribution in [0.2, 0.25) is 0 Å². The molecule has 0 bridgehead atoms. The third-order valence-electron chi connectivity index (χ3n) is 11.0. The third kappa shape index (κ3) is 55.8. The molecule has 6 nitrogen and oxygen atoms in total. The molecule has 0 unspecified atom stereocenters. The topological polar surface area (TPSA) is 78.9 Å². The van der Waals surface area contributed by atoms with E-state index in [1.807, 2.05) is 12.2 Å². The van der Waals surface area contributed by atoms with Gasteiger partial charge in [0.2, 0.25) is 0 Å². The molecule has 0 heterocycles. The Labute approximate surface area is 435 Å². The first-order valence-corrected chi connectivity index (χ1v) is 28.0. The van der Waals surface area contributed by atoms with Crippen molar-refractivity contribution >= 4 is 17.9 Å². The van der Waals surface area contributed by atoms with Crippen LogP contribution in [0.1, 0.15) is 213 Å². The van der Waals surface area contributed by atoms with Gasteiger partial charge >= 0.3 is 17.9 Å². The number of carbonyl (C=O) groups is 3. The van der Waals surface area contributed by atoms with Crippen LogP contribution in [0.25, 0.3) is 0 Å². The fourth-order valence-corrected chi connectivity index (χ4v) is 6.83. The molecular formula is C65H100O6. The van der Waals surface area contributed by atoms with E-state index in [9.17, 15) is 14.4 Å². The average Bonchev–Trinajstić information content (AvgIpc) is 3.37. The predicted molar refractivity (Wildman–Crippen MR) is 306 cm³/mol. The van der Waals surface area contributed by atoms with Gasteiger partial charge in [0.15, 0.2) is 6.10 Å². The van der Waals surface area contributed by atoms with Crippen molar-refractivity contribution in [2.75, 3.05) is 13.2 Å². The van der Waals surface area contributed by atoms with Gasteiger partial charge in [-0.1, -0.05) is 224 Å². The summed E-state index contributed by atoms with van der Waals surface area (Å²) in [6.45, 7) is 6.31. The molecule has 0 fully saturated rings. The van der Waals surface area contributed by atoms with E-state index in [0.717, 1.165) is 83.5 Å². The van der Waals surface area contributed by atoms with Crippen LogP contribution >= 0.6 is 0 Å². The molecule has 0 saturated carbocycles. The zero-order valence-electron chi connectivity index (χ0n) is 45.2. The minimum atomic E-state index is -0.869. The lowest BCUT2D eigenvalue weighted by Crippen LogP contribution is -2.30. The smallest absolute Gasteiger partial charge is 0.306 e. The molecule has 0 aromatic carbocycles. The van der Waals surface area contributed by atoms with E-state index >= 15 is 0 Å². The maximum absolute atomic E-state index is 12.8. The summed E-state index contributed by atoms with van der Waals surface area (Å²) in [5, 5.41) is 0. The molecule has 0 aromatic heterocycles. The molecule has 0 aliphatic rings. The molecule has 0 N–H and O–H groups in total. The van der Waals surface area contributed by atoms with Gasteiger partial charge in [0, 0.05) is 19.3 Å². The van der Waals surface area contributed by atoms with E-state index in [2.05, 4.69) is 167 Å². The molecule has 0 saturated heterocycles. The summed E-state index contributed by atoms with van der Waals surface area (Å²) < 4.78 is 16.7. The van der Waals surface area contributed by atoms with E-state index in [1.54, 1.807) is 0 Å². The van der Waals surface area contributed by atoms with Crippen molar-refractivity contribution in [3.8, 4) is 0 Å². The van der Waals surface area contributed by atoms with Crippen molar-refractivity contribution in [2.45, 2.75) is 219 Å². The molecule has 0 spiro atoms. The van der Waals surface area contributed by atoms with Crippen LogP contribution in [0, 0.1) is 0 Å². The number of allylic oxidation sites excluding steroid dienone is 26. The number of unbranched alkanes of at least 4 members (excludes halogenated alkanes) is 11. The summed E-state index contributed by atoms with van der Waals surface area (Å²) >= 11 is 0. The van der Waals surface area contributed by atoms with Crippen molar-refractivity contribution in [1.29, 1.82) is 0 Å². The maximum atomic E-state index is 12.8. The van der Waals surface area contributed by atoms with Crippen molar-refractivity contribution < 1.29 is 28.6 Å². The van der Waals surface area contributed by atoms with Crippen molar-refractivity contribution in [3.63, 3.8) is 0 Å². The van der Waals surface area contributed by atoms with Gasteiger partial charge in [-0.25, -0.2) is 0 Å². The van der Waals surface area contributed by atoms with Gasteiger partial charge in [0.05, 0.1) is 0 Å². The normalized spacial score (nSPS) is 13.3. The van der Waals surface area contributed by atoms with Crippen molar-refractivity contribution in [3.05, 3.63) is 158 Å². The van der Waals surface area contributed by atoms with Crippen LogP contribution in [-0.2, 0) is 28.6 Å². The van der Waals surface area contributed by atoms with E-state index in [1.165, 1.54) is 70.6 Å². The number of ether oxygens (including phenoxy) is 3. The molecule has 1 atom stereocenters. The number of carbonyl (C=O) groups excluding carboxylic acids is 3. The minimum absolute atomic E-state index is 0.159. The number of esters is 3. The Bertz CT molecular complexity index is 1640. The maximum Gasteiger partial charge on any atom is 0.306 e. The monoisotopic (exact) mass is 977 g/mol. The van der Waals surface area contributed by atoms with Crippen LogP contribution in [0.15, 0.2) is 158 Å². The lowest BCUT2D eigenvalue weighted by atomic mass is 10.1. The van der Waals surface area contributed by atoms with Gasteiger partial charge in [-0.3, -0.25) is 14.4 Å². The van der Waals surface area contributed by atoms with Gasteiger partial charge in [-0.15, -0.1) is 0 Å². The Hall–Kier alpha value is -4.97. The third-order valence-corrected chi connectivity index (χ3v) is 11.0. The second kappa shape index (κ2) is 57.6. The van der Waals surface area contributed by atoms with Crippen molar-refractivity contribution in [1.82, 2.24) is 0 Å². The van der Waals surface area contributed by atoms with Gasteiger partial charge in [-0.2, -0.15) is 0 Å². The highest BCUT2D eigenvalue weighted by molar-refractivity contribution is 5.71. The Morgan fingerprint density at radius 3 is 0.944 bits per heavy atom. The largest absolute Gasteiger partial charge is 0.462 e. The van der Waals surface area contributed by atoms with Gasteiger partial charge in [-0.05, 0) is 128 Å². The van der Waals surface area contributed by atoms with Crippen LogP contribution < -0.4 is 0 Å². The molecule has 6 heteroatoms. The second-order valence-corrected chi connectivity index (χ2v) is 17.7. The highest BCUT2D eigenvalue weighted by Crippen LogP contribution is 2.10. The highest BCUT2D eigenvalue weighted by atomic mass is 16.6. The Kier molecular flexibility index (Phi) is 53.6. The lowest BCUT2D eigenvalue weighted by Gasteiger charge is -2.18. The first-order valence-electron chi connectivity index (χ1n) is 28.0. The quantitative estimate of drug-likeness (QED) is 0.0262. The van der Waals surface area contributed by atoms with Crippen LogP contribution in [-0.4, -0.2) is 37.2 Å². The second-order valence-electron chi connectivity index (χ2n) is 17.7. The number of hydrogen-bond acceptors (Lipinski definition) is 6. The fourth-order valence-electron chi connectivity index (χ4n) is 6.83. The first kappa shape index (κ1) is 66.0. The number of rotatable bonds is 48. The van der Waals surface area contributed by atoms with Crippen LogP contribution in [0.3, 0.4) is 0 Å². The van der Waals surface area contributed by atoms with Gasteiger partial charge in [0.1, 0.15) is 13.2 Å². The Balaban J connectivity index is 4.70. The Morgan fingerprint density at radius 2 is 0.577 bits per heavy atom. The molecule has 0 aliphatic heterocycles. The van der Waals surface area contributed by atoms with E-state index < -0.39 is 12.1 Å². The zero-order chi connectivity index (χ0) is 51.4. The predicted octanol–water partition coefficient (Wildman–Crippen LogP) is 19.0. The summed E-state index contributed by atoms with van der Waals surface area (Å²) in [7, 11) is 0. The summed E-state index contributed by atoms with van der Waals surface area (Å²) in [5.41, 5.74) is 0. The van der Waals surface area contributed by atoms with E-state index in [4.69, 9.17) is 14.2 Å². The van der Waals surface area contributed by atoms with E-state index in [0.29, 0.717) is 19.3 Å². The van der Waals surface area contributed by atoms with E-state index in [-0.39, 0.29) is 44.4 Å². The highest BCUT2D eigenvalue weighted by Gasteiger charge is 2.19. The SMILES string of the molecule is CC/C=C\C/C=C\C/C=C\C/C=C\C/C=C\C/C=C\CCC(=O)O[C@H](COC(=O)CCC/C=C\C/C=C\C/C=C\C/C=C\CCCCC)COC(=O)CCC/C=C\C/C=C\C/C=C\CCCCCCCC. The zero-order valence-corrected chi connectivity index (χ0v) is 45.2. The molecule has 0 rings (SSSR count). The minimum Gasteiger partial charge on any atom is -0.462 e. The Morgan fingerprint density at radius 1 is 0.296 bits per heavy atom. The van der Waals surface area contributed by atoms with Crippen molar-refractivity contribution in [2.24, 2.45) is 0 Å².